The van der Waals surface area contributed by atoms with Crippen LogP contribution in [0.2, 0.25) is 0 Å². The van der Waals surface area contributed by atoms with Gasteiger partial charge in [-0.25, -0.2) is 4.98 Å². The summed E-state index contributed by atoms with van der Waals surface area (Å²) in [6.45, 7) is 3.82. The number of nitrogens with one attached hydrogen (secondary N) is 3. The van der Waals surface area contributed by atoms with E-state index in [1.54, 1.807) is 42.6 Å². The Morgan fingerprint density at radius 1 is 0.891 bits per heavy atom. The number of aromatic nitrogens is 1. The topological polar surface area (TPSA) is 157 Å². The SMILES string of the molecule is N=C1C=CN(c2ccc(C3CCN(C4CCN(c5ncc6c7c(cccc57)C(=O)N6C5CCC(=O)NC5=O)CC4)CC3)cc2)/C1=C/C(=N)c1ccccc1O. The summed E-state index contributed by atoms with van der Waals surface area (Å²) < 4.78 is 0. The molecule has 55 heavy (non-hydrogen) atoms. The molecule has 6 heterocycles. The molecule has 0 radical (unpaired) electrons. The summed E-state index contributed by atoms with van der Waals surface area (Å²) in [5.41, 5.74) is 4.94. The minimum absolute atomic E-state index is 0.0438. The summed E-state index contributed by atoms with van der Waals surface area (Å²) in [4.78, 5) is 51.4. The van der Waals surface area contributed by atoms with E-state index < -0.39 is 11.9 Å². The Bertz CT molecular complexity index is 2320. The molecule has 3 aromatic carbocycles. The van der Waals surface area contributed by atoms with Crippen molar-refractivity contribution in [1.82, 2.24) is 15.2 Å². The van der Waals surface area contributed by atoms with E-state index in [-0.39, 0.29) is 29.7 Å². The van der Waals surface area contributed by atoms with Crippen LogP contribution in [0.25, 0.3) is 10.8 Å². The number of para-hydroxylation sites is 1. The maximum Gasteiger partial charge on any atom is 0.259 e. The molecule has 0 spiro atoms. The summed E-state index contributed by atoms with van der Waals surface area (Å²) in [6, 6.07) is 20.8. The number of amides is 3. The number of hydrogen-bond donors (Lipinski definition) is 4. The molecule has 278 valence electrons. The highest BCUT2D eigenvalue weighted by atomic mass is 16.3. The number of carbonyl (C=O) groups excluding carboxylic acids is 3. The van der Waals surface area contributed by atoms with Crippen molar-refractivity contribution in [1.29, 1.82) is 10.8 Å². The average molecular weight is 735 g/mol. The number of rotatable bonds is 7. The van der Waals surface area contributed by atoms with Crippen molar-refractivity contribution in [2.75, 3.05) is 40.9 Å². The molecule has 0 saturated carbocycles. The first kappa shape index (κ1) is 34.6. The van der Waals surface area contributed by atoms with Crippen molar-refractivity contribution in [3.8, 4) is 5.75 Å². The number of benzene rings is 3. The fourth-order valence-electron chi connectivity index (χ4n) is 9.04. The number of aromatic hydroxyl groups is 1. The van der Waals surface area contributed by atoms with E-state index in [9.17, 15) is 19.5 Å². The number of phenols is 1. The first-order valence-electron chi connectivity index (χ1n) is 19.1. The lowest BCUT2D eigenvalue weighted by atomic mass is 9.88. The van der Waals surface area contributed by atoms with E-state index in [4.69, 9.17) is 15.8 Å². The number of pyridine rings is 1. The number of allylic oxidation sites excluding steroid dienone is 2. The Balaban J connectivity index is 0.821. The minimum atomic E-state index is -0.729. The number of likely N-dealkylation sites (tertiary alicyclic amines) is 1. The molecule has 5 aliphatic rings. The molecule has 1 aromatic heterocycles. The molecule has 0 bridgehead atoms. The molecule has 4 aromatic rings. The van der Waals surface area contributed by atoms with Crippen LogP contribution in [0.4, 0.5) is 17.2 Å². The fourth-order valence-corrected chi connectivity index (χ4v) is 9.04. The predicted octanol–water partition coefficient (Wildman–Crippen LogP) is 5.86. The lowest BCUT2D eigenvalue weighted by molar-refractivity contribution is -0.134. The van der Waals surface area contributed by atoms with E-state index >= 15 is 0 Å². The lowest BCUT2D eigenvalue weighted by Gasteiger charge is -2.42. The van der Waals surface area contributed by atoms with Gasteiger partial charge in [0.05, 0.1) is 34.6 Å². The smallest absolute Gasteiger partial charge is 0.259 e. The van der Waals surface area contributed by atoms with Gasteiger partial charge in [-0.05, 0) is 99.2 Å². The molecule has 12 heteroatoms. The highest BCUT2D eigenvalue weighted by Gasteiger charge is 2.42. The number of hydrogen-bond acceptors (Lipinski definition) is 10. The van der Waals surface area contributed by atoms with Crippen LogP contribution in [-0.2, 0) is 9.59 Å². The Kier molecular flexibility index (Phi) is 8.77. The quantitative estimate of drug-likeness (QED) is 0.136. The number of piperidine rings is 3. The Morgan fingerprint density at radius 3 is 2.40 bits per heavy atom. The van der Waals surface area contributed by atoms with Gasteiger partial charge in [-0.15, -0.1) is 0 Å². The second-order valence-electron chi connectivity index (χ2n) is 15.0. The van der Waals surface area contributed by atoms with Gasteiger partial charge in [-0.1, -0.05) is 36.4 Å². The zero-order valence-corrected chi connectivity index (χ0v) is 30.4. The third kappa shape index (κ3) is 6.16. The van der Waals surface area contributed by atoms with Gasteiger partial charge in [0.15, 0.2) is 0 Å². The van der Waals surface area contributed by atoms with E-state index in [1.807, 2.05) is 29.3 Å². The van der Waals surface area contributed by atoms with Crippen LogP contribution in [0.15, 0.2) is 97.0 Å². The summed E-state index contributed by atoms with van der Waals surface area (Å²) in [7, 11) is 0. The Morgan fingerprint density at radius 2 is 1.65 bits per heavy atom. The number of phenolic OH excluding ortho intramolecular Hbond substituents is 1. The van der Waals surface area contributed by atoms with Gasteiger partial charge in [0.2, 0.25) is 11.8 Å². The highest BCUT2D eigenvalue weighted by molar-refractivity contribution is 6.28. The van der Waals surface area contributed by atoms with Gasteiger partial charge in [0.1, 0.15) is 17.6 Å². The van der Waals surface area contributed by atoms with Gasteiger partial charge in [0, 0.05) is 53.8 Å². The van der Waals surface area contributed by atoms with Crippen LogP contribution >= 0.6 is 0 Å². The van der Waals surface area contributed by atoms with E-state index in [0.717, 1.165) is 74.1 Å². The van der Waals surface area contributed by atoms with Crippen LogP contribution in [-0.4, -0.2) is 82.4 Å². The minimum Gasteiger partial charge on any atom is -0.507 e. The zero-order valence-electron chi connectivity index (χ0n) is 30.4. The van der Waals surface area contributed by atoms with E-state index in [0.29, 0.717) is 46.6 Å². The first-order chi connectivity index (χ1) is 26.7. The third-order valence-corrected chi connectivity index (χ3v) is 12.0. The Labute approximate surface area is 318 Å². The van der Waals surface area contributed by atoms with Crippen molar-refractivity contribution < 1.29 is 19.5 Å². The largest absolute Gasteiger partial charge is 0.507 e. The number of nitrogens with zero attached hydrogens (tertiary/aromatic N) is 5. The predicted molar refractivity (Wildman–Crippen MR) is 212 cm³/mol. The van der Waals surface area contributed by atoms with E-state index in [1.165, 1.54) is 10.5 Å². The van der Waals surface area contributed by atoms with Crippen molar-refractivity contribution in [2.24, 2.45) is 0 Å². The molecule has 0 aliphatic carbocycles. The number of anilines is 3. The molecule has 4 N–H and O–H groups in total. The molecular formula is C43H42N8O4. The van der Waals surface area contributed by atoms with Gasteiger partial charge in [0.25, 0.3) is 5.91 Å². The van der Waals surface area contributed by atoms with Crippen molar-refractivity contribution in [2.45, 2.75) is 56.5 Å². The van der Waals surface area contributed by atoms with Crippen molar-refractivity contribution in [3.05, 3.63) is 114 Å². The van der Waals surface area contributed by atoms with Gasteiger partial charge < -0.3 is 25.2 Å². The van der Waals surface area contributed by atoms with Crippen LogP contribution in [0.3, 0.4) is 0 Å². The van der Waals surface area contributed by atoms with E-state index in [2.05, 4.69) is 39.4 Å². The number of imide groups is 1. The summed E-state index contributed by atoms with van der Waals surface area (Å²) in [5.74, 6) is 0.423. The van der Waals surface area contributed by atoms with Crippen LogP contribution < -0.4 is 20.0 Å². The average Bonchev–Trinajstić information content (AvgIpc) is 3.71. The second-order valence-corrected chi connectivity index (χ2v) is 15.0. The second kappa shape index (κ2) is 13.9. The third-order valence-electron chi connectivity index (χ3n) is 12.0. The zero-order chi connectivity index (χ0) is 37.8. The molecule has 1 unspecified atom stereocenters. The molecule has 3 saturated heterocycles. The molecule has 9 rings (SSSR count). The monoisotopic (exact) mass is 734 g/mol. The normalized spacial score (nSPS) is 21.7. The maximum absolute atomic E-state index is 13.6. The van der Waals surface area contributed by atoms with Crippen LogP contribution in [0.5, 0.6) is 5.75 Å². The molecule has 3 fully saturated rings. The fraction of sp³-hybridized carbons (Fsp3) is 0.302. The summed E-state index contributed by atoms with van der Waals surface area (Å²) in [6.07, 6.45) is 11.7. The summed E-state index contributed by atoms with van der Waals surface area (Å²) >= 11 is 0. The van der Waals surface area contributed by atoms with Gasteiger partial charge >= 0.3 is 0 Å². The van der Waals surface area contributed by atoms with Crippen molar-refractivity contribution in [3.63, 3.8) is 0 Å². The molecule has 5 aliphatic heterocycles. The van der Waals surface area contributed by atoms with Gasteiger partial charge in [-0.3, -0.25) is 30.0 Å². The van der Waals surface area contributed by atoms with Crippen LogP contribution in [0.1, 0.15) is 65.9 Å². The molecular weight excluding hydrogens is 693 g/mol. The lowest BCUT2D eigenvalue weighted by Crippen LogP contribution is -2.53. The van der Waals surface area contributed by atoms with Crippen molar-refractivity contribution >= 4 is 57.1 Å². The summed E-state index contributed by atoms with van der Waals surface area (Å²) in [5, 5.41) is 31.4. The molecule has 3 amide bonds. The molecule has 12 nitrogen and oxygen atoms in total. The first-order valence-corrected chi connectivity index (χ1v) is 19.1. The Hall–Kier alpha value is -6.14. The number of carbonyl (C=O) groups is 3. The van der Waals surface area contributed by atoms with Crippen LogP contribution in [0, 0.1) is 10.8 Å². The standard InChI is InChI=1S/C43H42N8O4/c44-33-18-23-50(36(33)24-34(45)30-4-1-2-7-38(30)52)29-10-8-26(9-11-29)27-14-19-48(20-15-27)28-16-21-49(22-17-28)41-31-5-3-6-32-40(31)37(25-46-41)51(43(32)55)35-12-13-39(53)47-42(35)54/h1-11,18,23-25,27-28,35,44-45,52H,12-17,19-22H2,(H,47,53,54)/b36-24+,44-33?,45-34?. The van der Waals surface area contributed by atoms with Gasteiger partial charge in [-0.2, -0.15) is 0 Å². The molecule has 1 atom stereocenters. The maximum atomic E-state index is 13.6. The highest BCUT2D eigenvalue weighted by Crippen LogP contribution is 2.43.